The van der Waals surface area contributed by atoms with Crippen molar-refractivity contribution in [2.45, 2.75) is 32.2 Å². The Morgan fingerprint density at radius 1 is 1.45 bits per heavy atom. The number of carboxylic acids is 1. The van der Waals surface area contributed by atoms with Gasteiger partial charge >= 0.3 is 5.97 Å². The number of nitrogens with one attached hydrogen (secondary N) is 1. The maximum atomic E-state index is 12.2. The van der Waals surface area contributed by atoms with Crippen LogP contribution in [0.1, 0.15) is 18.3 Å². The Hall–Kier alpha value is -1.45. The Kier molecular flexibility index (Phi) is 5.26. The smallest absolute Gasteiger partial charge is 0.325 e. The maximum Gasteiger partial charge on any atom is 0.325 e. The molecule has 0 aliphatic heterocycles. The van der Waals surface area contributed by atoms with Gasteiger partial charge in [-0.3, -0.25) is 9.48 Å². The second-order valence-electron chi connectivity index (χ2n) is 4.69. The van der Waals surface area contributed by atoms with Crippen molar-refractivity contribution in [3.8, 4) is 0 Å². The number of rotatable bonds is 7. The zero-order chi connectivity index (χ0) is 15.5. The molecule has 0 spiro atoms. The number of aromatic nitrogens is 2. The Morgan fingerprint density at radius 2 is 2.05 bits per heavy atom. The minimum Gasteiger partial charge on any atom is -0.480 e. The van der Waals surface area contributed by atoms with E-state index in [1.165, 1.54) is 13.8 Å². The fourth-order valence-electron chi connectivity index (χ4n) is 1.74. The van der Waals surface area contributed by atoms with E-state index >= 15 is 0 Å². The average molecular weight is 305 g/mol. The summed E-state index contributed by atoms with van der Waals surface area (Å²) in [5.74, 6) is -1.30. The summed E-state index contributed by atoms with van der Waals surface area (Å²) in [6, 6.07) is 0. The summed E-state index contributed by atoms with van der Waals surface area (Å²) in [5.41, 5.74) is 0.516. The standard InChI is InChI=1S/C11H19N3O5S/c1-7(6-15)4-12-20(18,19)11-8(2)13-14(9(11)3)5-10(16)17/h7,12,15H,4-6H2,1-3H3,(H,16,17). The van der Waals surface area contributed by atoms with Gasteiger partial charge in [-0.25, -0.2) is 13.1 Å². The normalized spacial score (nSPS) is 13.4. The van der Waals surface area contributed by atoms with E-state index < -0.39 is 22.5 Å². The number of hydrogen-bond donors (Lipinski definition) is 3. The number of aliphatic hydroxyl groups excluding tert-OH is 1. The SMILES string of the molecule is Cc1nn(CC(=O)O)c(C)c1S(=O)(=O)NCC(C)CO. The first-order chi connectivity index (χ1) is 9.19. The minimum absolute atomic E-state index is 0.0103. The van der Waals surface area contributed by atoms with Gasteiger partial charge in [0.2, 0.25) is 10.0 Å². The van der Waals surface area contributed by atoms with E-state index in [-0.39, 0.29) is 35.4 Å². The van der Waals surface area contributed by atoms with Gasteiger partial charge < -0.3 is 10.2 Å². The molecule has 0 amide bonds. The molecule has 8 nitrogen and oxygen atoms in total. The first-order valence-electron chi connectivity index (χ1n) is 6.05. The third-order valence-corrected chi connectivity index (χ3v) is 4.48. The lowest BCUT2D eigenvalue weighted by Crippen LogP contribution is -2.30. The van der Waals surface area contributed by atoms with E-state index in [4.69, 9.17) is 10.2 Å². The number of carbonyl (C=O) groups is 1. The average Bonchev–Trinajstić information content (AvgIpc) is 2.61. The molecule has 114 valence electrons. The molecule has 1 unspecified atom stereocenters. The molecule has 0 saturated carbocycles. The Balaban J connectivity index is 3.06. The summed E-state index contributed by atoms with van der Waals surface area (Å²) in [5, 5.41) is 21.6. The quantitative estimate of drug-likeness (QED) is 0.624. The molecule has 0 saturated heterocycles. The predicted octanol–water partition coefficient (Wildman–Crippen LogP) is -0.509. The van der Waals surface area contributed by atoms with Crippen molar-refractivity contribution in [2.75, 3.05) is 13.2 Å². The van der Waals surface area contributed by atoms with Gasteiger partial charge in [0.05, 0.1) is 11.4 Å². The highest BCUT2D eigenvalue weighted by atomic mass is 32.2. The highest BCUT2D eigenvalue weighted by Gasteiger charge is 2.25. The van der Waals surface area contributed by atoms with Crippen LogP contribution in [0.3, 0.4) is 0 Å². The number of aliphatic carboxylic acids is 1. The van der Waals surface area contributed by atoms with Crippen LogP contribution in [-0.4, -0.2) is 47.5 Å². The molecule has 3 N–H and O–H groups in total. The van der Waals surface area contributed by atoms with E-state index in [1.54, 1.807) is 6.92 Å². The number of carboxylic acid groups (broad SMARTS) is 1. The molecule has 1 rings (SSSR count). The van der Waals surface area contributed by atoms with E-state index in [0.717, 1.165) is 4.68 Å². The number of sulfonamides is 1. The molecule has 0 fully saturated rings. The third kappa shape index (κ3) is 3.78. The van der Waals surface area contributed by atoms with Crippen LogP contribution in [0.15, 0.2) is 4.90 Å². The van der Waals surface area contributed by atoms with Crippen molar-refractivity contribution in [2.24, 2.45) is 5.92 Å². The highest BCUT2D eigenvalue weighted by Crippen LogP contribution is 2.19. The molecule has 1 heterocycles. The van der Waals surface area contributed by atoms with Crippen molar-refractivity contribution in [1.29, 1.82) is 0 Å². The van der Waals surface area contributed by atoms with Gasteiger partial charge in [0, 0.05) is 13.2 Å². The van der Waals surface area contributed by atoms with Gasteiger partial charge in [-0.1, -0.05) is 6.92 Å². The number of nitrogens with zero attached hydrogens (tertiary/aromatic N) is 2. The summed E-state index contributed by atoms with van der Waals surface area (Å²) in [4.78, 5) is 10.7. The second-order valence-corrected chi connectivity index (χ2v) is 6.39. The predicted molar refractivity (Wildman–Crippen MR) is 70.8 cm³/mol. The highest BCUT2D eigenvalue weighted by molar-refractivity contribution is 7.89. The lowest BCUT2D eigenvalue weighted by atomic mass is 10.2. The van der Waals surface area contributed by atoms with Crippen LogP contribution in [0.25, 0.3) is 0 Å². The van der Waals surface area contributed by atoms with Gasteiger partial charge in [0.15, 0.2) is 0 Å². The Labute approximate surface area is 117 Å². The molecular formula is C11H19N3O5S. The molecule has 1 atom stereocenters. The molecule has 0 aliphatic rings. The maximum absolute atomic E-state index is 12.2. The van der Waals surface area contributed by atoms with Gasteiger partial charge in [-0.05, 0) is 19.8 Å². The second kappa shape index (κ2) is 6.33. The van der Waals surface area contributed by atoms with Crippen molar-refractivity contribution in [1.82, 2.24) is 14.5 Å². The summed E-state index contributed by atoms with van der Waals surface area (Å²) in [6.07, 6.45) is 0. The Morgan fingerprint density at radius 3 is 2.55 bits per heavy atom. The molecule has 0 aromatic carbocycles. The van der Waals surface area contributed by atoms with Crippen LogP contribution in [0, 0.1) is 19.8 Å². The fraction of sp³-hybridized carbons (Fsp3) is 0.636. The van der Waals surface area contributed by atoms with Crippen molar-refractivity contribution in [3.05, 3.63) is 11.4 Å². The molecule has 1 aromatic rings. The summed E-state index contributed by atoms with van der Waals surface area (Å²) in [6.45, 7) is 4.30. The number of aliphatic hydroxyl groups is 1. The van der Waals surface area contributed by atoms with Gasteiger partial charge in [-0.2, -0.15) is 5.10 Å². The third-order valence-electron chi connectivity index (χ3n) is 2.80. The Bertz CT molecular complexity index is 593. The molecule has 0 aliphatic carbocycles. The molecule has 9 heteroatoms. The largest absolute Gasteiger partial charge is 0.480 e. The first kappa shape index (κ1) is 16.6. The molecule has 0 radical (unpaired) electrons. The van der Waals surface area contributed by atoms with Crippen LogP contribution in [0.2, 0.25) is 0 Å². The van der Waals surface area contributed by atoms with Crippen LogP contribution in [0.4, 0.5) is 0 Å². The summed E-state index contributed by atoms with van der Waals surface area (Å²) in [7, 11) is -3.78. The number of hydrogen-bond acceptors (Lipinski definition) is 5. The van der Waals surface area contributed by atoms with Crippen LogP contribution < -0.4 is 4.72 Å². The minimum atomic E-state index is -3.78. The van der Waals surface area contributed by atoms with Crippen molar-refractivity contribution in [3.63, 3.8) is 0 Å². The van der Waals surface area contributed by atoms with Crippen molar-refractivity contribution >= 4 is 16.0 Å². The van der Waals surface area contributed by atoms with E-state index in [2.05, 4.69) is 9.82 Å². The van der Waals surface area contributed by atoms with Crippen molar-refractivity contribution < 1.29 is 23.4 Å². The van der Waals surface area contributed by atoms with Gasteiger partial charge in [0.25, 0.3) is 0 Å². The van der Waals surface area contributed by atoms with Gasteiger partial charge in [0.1, 0.15) is 11.4 Å². The van der Waals surface area contributed by atoms with E-state index in [0.29, 0.717) is 0 Å². The zero-order valence-corrected chi connectivity index (χ0v) is 12.4. The van der Waals surface area contributed by atoms with Crippen LogP contribution in [-0.2, 0) is 21.4 Å². The van der Waals surface area contributed by atoms with Gasteiger partial charge in [-0.15, -0.1) is 0 Å². The molecule has 1 aromatic heterocycles. The zero-order valence-electron chi connectivity index (χ0n) is 11.6. The van der Waals surface area contributed by atoms with E-state index in [1.807, 2.05) is 0 Å². The topological polar surface area (TPSA) is 122 Å². The number of aryl methyl sites for hydroxylation is 1. The lowest BCUT2D eigenvalue weighted by molar-refractivity contribution is -0.137. The lowest BCUT2D eigenvalue weighted by Gasteiger charge is -2.10. The van der Waals surface area contributed by atoms with Crippen LogP contribution >= 0.6 is 0 Å². The molecular weight excluding hydrogens is 286 g/mol. The monoisotopic (exact) mass is 305 g/mol. The molecule has 0 bridgehead atoms. The van der Waals surface area contributed by atoms with Crippen LogP contribution in [0.5, 0.6) is 0 Å². The fourth-order valence-corrected chi connectivity index (χ4v) is 3.31. The van der Waals surface area contributed by atoms with E-state index in [9.17, 15) is 13.2 Å². The summed E-state index contributed by atoms with van der Waals surface area (Å²) < 4.78 is 27.9. The summed E-state index contributed by atoms with van der Waals surface area (Å²) >= 11 is 0. The first-order valence-corrected chi connectivity index (χ1v) is 7.53. The molecule has 20 heavy (non-hydrogen) atoms.